The van der Waals surface area contributed by atoms with Crippen molar-refractivity contribution in [2.75, 3.05) is 19.1 Å². The third-order valence-electron chi connectivity index (χ3n) is 7.40. The molecular formula is C29H29N5O4. The van der Waals surface area contributed by atoms with Gasteiger partial charge in [0.25, 0.3) is 0 Å². The van der Waals surface area contributed by atoms with Crippen molar-refractivity contribution in [3.8, 4) is 6.07 Å². The fourth-order valence-corrected chi connectivity index (χ4v) is 5.59. The van der Waals surface area contributed by atoms with E-state index in [0.717, 1.165) is 18.4 Å². The fourth-order valence-electron chi connectivity index (χ4n) is 5.59. The highest BCUT2D eigenvalue weighted by Crippen LogP contribution is 2.43. The number of esters is 2. The number of imidazole rings is 1. The summed E-state index contributed by atoms with van der Waals surface area (Å²) >= 11 is 0. The van der Waals surface area contributed by atoms with Gasteiger partial charge in [0.2, 0.25) is 0 Å². The number of fused-ring (bicyclic) bond motifs is 1. The summed E-state index contributed by atoms with van der Waals surface area (Å²) in [6.45, 7) is 0. The van der Waals surface area contributed by atoms with Gasteiger partial charge >= 0.3 is 11.9 Å². The highest BCUT2D eigenvalue weighted by atomic mass is 16.5. The van der Waals surface area contributed by atoms with Crippen LogP contribution in [0.25, 0.3) is 11.0 Å². The topological polar surface area (TPSA) is 123 Å². The van der Waals surface area contributed by atoms with E-state index >= 15 is 0 Å². The Morgan fingerprint density at radius 2 is 1.74 bits per heavy atom. The average Bonchev–Trinajstić information content (AvgIpc) is 3.40. The van der Waals surface area contributed by atoms with Crippen LogP contribution in [0.3, 0.4) is 0 Å². The molecule has 2 N–H and O–H groups in total. The maximum Gasteiger partial charge on any atom is 0.355 e. The predicted octanol–water partition coefficient (Wildman–Crippen LogP) is 4.44. The maximum absolute atomic E-state index is 13.3. The van der Waals surface area contributed by atoms with Crippen LogP contribution in [0.2, 0.25) is 0 Å². The number of hydrogen-bond donors (Lipinski definition) is 1. The smallest absolute Gasteiger partial charge is 0.355 e. The zero-order valence-electron chi connectivity index (χ0n) is 21.4. The van der Waals surface area contributed by atoms with Crippen LogP contribution in [0.4, 0.5) is 5.69 Å². The molecule has 2 heterocycles. The molecule has 194 valence electrons. The van der Waals surface area contributed by atoms with Crippen LogP contribution in [0.1, 0.15) is 49.6 Å². The minimum absolute atomic E-state index is 0.0240. The van der Waals surface area contributed by atoms with Gasteiger partial charge in [0, 0.05) is 6.04 Å². The minimum Gasteiger partial charge on any atom is -0.466 e. The second kappa shape index (κ2) is 10.4. The van der Waals surface area contributed by atoms with Gasteiger partial charge in [-0.2, -0.15) is 5.26 Å². The standard InChI is InChI=1S/C29H29N5O4/c1-37-28(35)25-24(18-9-5-3-6-10-18)21(16-30)27(31)34(26(25)29(36)38-2)20-13-14-23-22(15-20)32-17-33(23)19-11-7-4-8-12-19/h3,5-6,9-10,13-15,17,19,24H,4,7-8,11-12,31H2,1-2H3. The molecule has 0 amide bonds. The average molecular weight is 512 g/mol. The van der Waals surface area contributed by atoms with E-state index in [2.05, 4.69) is 15.6 Å². The summed E-state index contributed by atoms with van der Waals surface area (Å²) in [4.78, 5) is 32.5. The molecular weight excluding hydrogens is 482 g/mol. The molecule has 0 radical (unpaired) electrons. The van der Waals surface area contributed by atoms with Gasteiger partial charge in [-0.05, 0) is 36.6 Å². The van der Waals surface area contributed by atoms with E-state index in [4.69, 9.17) is 15.2 Å². The molecule has 1 unspecified atom stereocenters. The number of hydrogen-bond acceptors (Lipinski definition) is 8. The summed E-state index contributed by atoms with van der Waals surface area (Å²) in [6, 6.07) is 17.1. The molecule has 0 saturated heterocycles. The number of carbonyl (C=O) groups excluding carboxylic acids is 2. The van der Waals surface area contributed by atoms with Crippen LogP contribution < -0.4 is 10.6 Å². The fraction of sp³-hybridized carbons (Fsp3) is 0.310. The summed E-state index contributed by atoms with van der Waals surface area (Å²) in [5, 5.41) is 10.2. The molecule has 1 aliphatic carbocycles. The second-order valence-corrected chi connectivity index (χ2v) is 9.45. The molecule has 9 heteroatoms. The van der Waals surface area contributed by atoms with Crippen molar-refractivity contribution >= 4 is 28.7 Å². The molecule has 1 saturated carbocycles. The van der Waals surface area contributed by atoms with Gasteiger partial charge in [0.1, 0.15) is 11.5 Å². The number of nitrogens with two attached hydrogens (primary N) is 1. The molecule has 38 heavy (non-hydrogen) atoms. The van der Waals surface area contributed by atoms with Crippen molar-refractivity contribution in [3.05, 3.63) is 83.1 Å². The Labute approximate surface area is 220 Å². The van der Waals surface area contributed by atoms with Crippen LogP contribution in [-0.2, 0) is 19.1 Å². The Morgan fingerprint density at radius 3 is 2.39 bits per heavy atom. The van der Waals surface area contributed by atoms with Crippen molar-refractivity contribution < 1.29 is 19.1 Å². The summed E-state index contributed by atoms with van der Waals surface area (Å²) in [6.07, 6.45) is 7.71. The van der Waals surface area contributed by atoms with Crippen LogP contribution in [-0.4, -0.2) is 35.7 Å². The first kappa shape index (κ1) is 25.1. The Balaban J connectivity index is 1.71. The molecule has 3 aromatic rings. The number of ether oxygens (including phenoxy) is 2. The zero-order chi connectivity index (χ0) is 26.8. The Kier molecular flexibility index (Phi) is 6.88. The lowest BCUT2D eigenvalue weighted by atomic mass is 9.81. The number of aromatic nitrogens is 2. The van der Waals surface area contributed by atoms with E-state index in [9.17, 15) is 14.9 Å². The number of benzene rings is 2. The van der Waals surface area contributed by atoms with Gasteiger partial charge in [-0.1, -0.05) is 49.6 Å². The number of anilines is 1. The molecule has 5 rings (SSSR count). The first-order chi connectivity index (χ1) is 18.5. The van der Waals surface area contributed by atoms with Gasteiger partial charge in [0.15, 0.2) is 0 Å². The van der Waals surface area contributed by atoms with Crippen molar-refractivity contribution in [1.29, 1.82) is 5.26 Å². The van der Waals surface area contributed by atoms with E-state index in [1.165, 1.54) is 38.4 Å². The summed E-state index contributed by atoms with van der Waals surface area (Å²) in [5.41, 5.74) is 9.39. The van der Waals surface area contributed by atoms with Crippen molar-refractivity contribution in [2.24, 2.45) is 5.73 Å². The Morgan fingerprint density at radius 1 is 1.03 bits per heavy atom. The predicted molar refractivity (Wildman–Crippen MR) is 141 cm³/mol. The van der Waals surface area contributed by atoms with E-state index < -0.39 is 17.9 Å². The molecule has 1 fully saturated rings. The third-order valence-corrected chi connectivity index (χ3v) is 7.40. The molecule has 1 aliphatic heterocycles. The van der Waals surface area contributed by atoms with Gasteiger partial charge in [-0.25, -0.2) is 14.6 Å². The Hall–Kier alpha value is -4.58. The quantitative estimate of drug-likeness (QED) is 0.499. The number of methoxy groups -OCH3 is 2. The number of carbonyl (C=O) groups is 2. The number of allylic oxidation sites excluding steroid dienone is 1. The number of nitriles is 1. The number of nitrogens with zero attached hydrogens (tertiary/aromatic N) is 4. The third kappa shape index (κ3) is 4.18. The SMILES string of the molecule is COC(=O)C1=C(C(=O)OC)N(c2ccc3c(c2)ncn3C2CCCCC2)C(N)=C(C#N)C1c1ccccc1. The van der Waals surface area contributed by atoms with Crippen LogP contribution in [0, 0.1) is 11.3 Å². The lowest BCUT2D eigenvalue weighted by molar-refractivity contribution is -0.139. The highest BCUT2D eigenvalue weighted by molar-refractivity contribution is 6.06. The van der Waals surface area contributed by atoms with E-state index in [1.54, 1.807) is 30.3 Å². The van der Waals surface area contributed by atoms with Crippen molar-refractivity contribution in [3.63, 3.8) is 0 Å². The van der Waals surface area contributed by atoms with Crippen molar-refractivity contribution in [1.82, 2.24) is 9.55 Å². The van der Waals surface area contributed by atoms with Crippen LogP contribution in [0.5, 0.6) is 0 Å². The molecule has 2 aromatic carbocycles. The van der Waals surface area contributed by atoms with E-state index in [1.807, 2.05) is 24.5 Å². The molecule has 0 spiro atoms. The molecule has 0 bridgehead atoms. The molecule has 9 nitrogen and oxygen atoms in total. The Bertz CT molecular complexity index is 1490. The second-order valence-electron chi connectivity index (χ2n) is 9.45. The zero-order valence-corrected chi connectivity index (χ0v) is 21.4. The van der Waals surface area contributed by atoms with Crippen molar-refractivity contribution in [2.45, 2.75) is 44.1 Å². The number of rotatable bonds is 5. The van der Waals surface area contributed by atoms with E-state index in [-0.39, 0.29) is 22.7 Å². The maximum atomic E-state index is 13.3. The normalized spacial score (nSPS) is 18.4. The lowest BCUT2D eigenvalue weighted by Crippen LogP contribution is -2.40. The minimum atomic E-state index is -0.909. The summed E-state index contributed by atoms with van der Waals surface area (Å²) in [5.74, 6) is -2.42. The summed E-state index contributed by atoms with van der Waals surface area (Å²) < 4.78 is 12.4. The monoisotopic (exact) mass is 511 g/mol. The molecule has 2 aliphatic rings. The highest BCUT2D eigenvalue weighted by Gasteiger charge is 2.43. The van der Waals surface area contributed by atoms with Gasteiger partial charge in [-0.3, -0.25) is 4.90 Å². The largest absolute Gasteiger partial charge is 0.466 e. The first-order valence-electron chi connectivity index (χ1n) is 12.6. The molecule has 1 atom stereocenters. The van der Waals surface area contributed by atoms with Gasteiger partial charge < -0.3 is 19.8 Å². The van der Waals surface area contributed by atoms with Gasteiger partial charge in [-0.15, -0.1) is 0 Å². The first-order valence-corrected chi connectivity index (χ1v) is 12.6. The van der Waals surface area contributed by atoms with Gasteiger partial charge in [0.05, 0.1) is 60.4 Å². The van der Waals surface area contributed by atoms with E-state index in [0.29, 0.717) is 22.8 Å². The van der Waals surface area contributed by atoms with Crippen LogP contribution >= 0.6 is 0 Å². The summed E-state index contributed by atoms with van der Waals surface area (Å²) in [7, 11) is 2.46. The lowest BCUT2D eigenvalue weighted by Gasteiger charge is -2.35. The van der Waals surface area contributed by atoms with Crippen LogP contribution in [0.15, 0.2) is 77.5 Å². The molecule has 1 aromatic heterocycles.